The van der Waals surface area contributed by atoms with E-state index in [1.165, 1.54) is 42.5 Å². The van der Waals surface area contributed by atoms with Crippen LogP contribution in [0.3, 0.4) is 0 Å². The maximum absolute atomic E-state index is 13.3. The molecular weight excluding hydrogens is 549 g/mol. The number of hydrogen-bond donors (Lipinski definition) is 0. The Morgan fingerprint density at radius 3 is 2.27 bits per heavy atom. The topological polar surface area (TPSA) is 85.0 Å². The van der Waals surface area contributed by atoms with E-state index in [-0.39, 0.29) is 17.3 Å². The molecule has 9 heteroatoms. The summed E-state index contributed by atoms with van der Waals surface area (Å²) in [4.78, 5) is -0.465. The Bertz CT molecular complexity index is 1810. The highest BCUT2D eigenvalue weighted by molar-refractivity contribution is 7.95. The summed E-state index contributed by atoms with van der Waals surface area (Å²) in [7, 11) is -4.10. The van der Waals surface area contributed by atoms with E-state index < -0.39 is 14.7 Å². The highest BCUT2D eigenvalue weighted by Gasteiger charge is 2.22. The van der Waals surface area contributed by atoms with Gasteiger partial charge in [-0.3, -0.25) is 0 Å². The molecule has 198 valence electrons. The average molecular weight is 570 g/mol. The SMILES string of the molecule is N#C/C(=C/c1cn(-c2ccccc2)nc1-c1ccc(OCc2ccc(F)cc2)cc1)S(=O)(=O)c1ccc(Cl)cc1. The summed E-state index contributed by atoms with van der Waals surface area (Å²) >= 11 is 5.91. The summed E-state index contributed by atoms with van der Waals surface area (Å²) in [6.45, 7) is 0.268. The van der Waals surface area contributed by atoms with Gasteiger partial charge in [0, 0.05) is 22.3 Å². The molecule has 0 unspecified atom stereocenters. The maximum atomic E-state index is 13.3. The van der Waals surface area contributed by atoms with E-state index in [2.05, 4.69) is 0 Å². The van der Waals surface area contributed by atoms with Gasteiger partial charge in [-0.2, -0.15) is 10.4 Å². The largest absolute Gasteiger partial charge is 0.489 e. The third kappa shape index (κ3) is 5.96. The van der Waals surface area contributed by atoms with Crippen molar-refractivity contribution in [2.24, 2.45) is 0 Å². The van der Waals surface area contributed by atoms with Crippen molar-refractivity contribution in [3.8, 4) is 28.8 Å². The van der Waals surface area contributed by atoms with Gasteiger partial charge in [-0.15, -0.1) is 0 Å². The second kappa shape index (κ2) is 11.6. The Labute approximate surface area is 236 Å². The van der Waals surface area contributed by atoms with Crippen molar-refractivity contribution < 1.29 is 17.5 Å². The van der Waals surface area contributed by atoms with Crippen LogP contribution in [0, 0.1) is 17.1 Å². The van der Waals surface area contributed by atoms with Crippen molar-refractivity contribution in [2.45, 2.75) is 11.5 Å². The van der Waals surface area contributed by atoms with Crippen LogP contribution in [-0.4, -0.2) is 18.2 Å². The number of sulfone groups is 1. The number of aromatic nitrogens is 2. The first-order chi connectivity index (χ1) is 19.3. The molecule has 1 heterocycles. The number of halogens is 2. The number of para-hydroxylation sites is 1. The molecule has 5 rings (SSSR count). The van der Waals surface area contributed by atoms with E-state index in [0.29, 0.717) is 27.6 Å². The zero-order chi connectivity index (χ0) is 28.1. The fraction of sp³-hybridized carbons (Fsp3) is 0.0323. The summed E-state index contributed by atoms with van der Waals surface area (Å²) in [5.41, 5.74) is 3.20. The average Bonchev–Trinajstić information content (AvgIpc) is 3.40. The van der Waals surface area contributed by atoms with Gasteiger partial charge >= 0.3 is 0 Å². The lowest BCUT2D eigenvalue weighted by molar-refractivity contribution is 0.306. The van der Waals surface area contributed by atoms with Gasteiger partial charge in [-0.1, -0.05) is 41.9 Å². The molecule has 0 N–H and O–H groups in total. The van der Waals surface area contributed by atoms with Gasteiger partial charge in [0.25, 0.3) is 0 Å². The molecule has 6 nitrogen and oxygen atoms in total. The number of benzene rings is 4. The summed E-state index contributed by atoms with van der Waals surface area (Å²) in [6, 6.07) is 30.0. The first kappa shape index (κ1) is 26.9. The molecule has 0 aliphatic carbocycles. The first-order valence-electron chi connectivity index (χ1n) is 12.1. The maximum Gasteiger partial charge on any atom is 0.216 e. The minimum atomic E-state index is -4.10. The quantitative estimate of drug-likeness (QED) is 0.184. The minimum absolute atomic E-state index is 0.0376. The third-order valence-electron chi connectivity index (χ3n) is 6.02. The lowest BCUT2D eigenvalue weighted by Crippen LogP contribution is -2.03. The standard InChI is InChI=1S/C31H21ClFN3O3S/c32-25-10-16-29(17-11-25)40(37,38)30(19-34)18-24-20-36(27-4-2-1-3-5-27)35-31(24)23-8-14-28(15-9-23)39-21-22-6-12-26(33)13-7-22/h1-18,20H,21H2/b30-18-. The molecule has 0 bridgehead atoms. The predicted octanol–water partition coefficient (Wildman–Crippen LogP) is 7.25. The van der Waals surface area contributed by atoms with E-state index >= 15 is 0 Å². The fourth-order valence-electron chi connectivity index (χ4n) is 3.94. The van der Waals surface area contributed by atoms with Crippen LogP contribution >= 0.6 is 11.6 Å². The lowest BCUT2D eigenvalue weighted by Gasteiger charge is -2.07. The molecule has 0 fully saturated rings. The molecule has 0 spiro atoms. The van der Waals surface area contributed by atoms with Crippen LogP contribution in [0.15, 0.2) is 119 Å². The molecular formula is C31H21ClFN3O3S. The molecule has 0 aliphatic rings. The lowest BCUT2D eigenvalue weighted by atomic mass is 10.1. The number of allylic oxidation sites excluding steroid dienone is 1. The smallest absolute Gasteiger partial charge is 0.216 e. The molecule has 0 atom stereocenters. The van der Waals surface area contributed by atoms with Crippen LogP contribution in [0.2, 0.25) is 5.02 Å². The van der Waals surface area contributed by atoms with Crippen molar-refractivity contribution in [3.05, 3.63) is 136 Å². The van der Waals surface area contributed by atoms with Crippen molar-refractivity contribution in [2.75, 3.05) is 0 Å². The van der Waals surface area contributed by atoms with Crippen molar-refractivity contribution >= 4 is 27.5 Å². The van der Waals surface area contributed by atoms with Crippen LogP contribution in [0.1, 0.15) is 11.1 Å². The molecule has 0 radical (unpaired) electrons. The van der Waals surface area contributed by atoms with Gasteiger partial charge in [-0.05, 0) is 84.4 Å². The fourth-order valence-corrected chi connectivity index (χ4v) is 5.22. The number of nitriles is 1. The minimum Gasteiger partial charge on any atom is -0.489 e. The molecule has 4 aromatic carbocycles. The van der Waals surface area contributed by atoms with Crippen LogP contribution in [0.25, 0.3) is 23.0 Å². The van der Waals surface area contributed by atoms with Crippen LogP contribution in [-0.2, 0) is 16.4 Å². The molecule has 40 heavy (non-hydrogen) atoms. The van der Waals surface area contributed by atoms with Gasteiger partial charge in [0.2, 0.25) is 9.84 Å². The van der Waals surface area contributed by atoms with E-state index in [1.807, 2.05) is 36.4 Å². The number of rotatable bonds is 8. The zero-order valence-electron chi connectivity index (χ0n) is 20.9. The summed E-state index contributed by atoms with van der Waals surface area (Å²) in [6.07, 6.45) is 3.00. The second-order valence-corrected chi connectivity index (χ2v) is 11.1. The summed E-state index contributed by atoms with van der Waals surface area (Å²) in [5.74, 6) is 0.282. The van der Waals surface area contributed by atoms with E-state index in [1.54, 1.807) is 47.3 Å². The Balaban J connectivity index is 1.50. The second-order valence-electron chi connectivity index (χ2n) is 8.73. The Kier molecular flexibility index (Phi) is 7.78. The monoisotopic (exact) mass is 569 g/mol. The van der Waals surface area contributed by atoms with E-state index in [4.69, 9.17) is 21.4 Å². The normalized spacial score (nSPS) is 11.7. The van der Waals surface area contributed by atoms with Gasteiger partial charge in [0.15, 0.2) is 0 Å². The molecule has 5 aromatic rings. The molecule has 0 saturated carbocycles. The van der Waals surface area contributed by atoms with Gasteiger partial charge in [0.05, 0.1) is 10.6 Å². The Morgan fingerprint density at radius 1 is 0.950 bits per heavy atom. The first-order valence-corrected chi connectivity index (χ1v) is 13.9. The summed E-state index contributed by atoms with van der Waals surface area (Å²) in [5, 5.41) is 14.9. The number of nitrogens with zero attached hydrogens (tertiary/aromatic N) is 3. The van der Waals surface area contributed by atoms with Crippen molar-refractivity contribution in [1.29, 1.82) is 5.26 Å². The van der Waals surface area contributed by atoms with E-state index in [9.17, 15) is 18.1 Å². The van der Waals surface area contributed by atoms with Crippen molar-refractivity contribution in [1.82, 2.24) is 9.78 Å². The van der Waals surface area contributed by atoms with Crippen molar-refractivity contribution in [3.63, 3.8) is 0 Å². The predicted molar refractivity (Wildman–Crippen MR) is 152 cm³/mol. The van der Waals surface area contributed by atoms with Gasteiger partial charge in [-0.25, -0.2) is 17.5 Å². The Morgan fingerprint density at radius 2 is 1.62 bits per heavy atom. The molecule has 0 aliphatic heterocycles. The molecule has 0 saturated heterocycles. The Hall–Kier alpha value is -4.71. The van der Waals surface area contributed by atoms with Crippen LogP contribution in [0.5, 0.6) is 5.75 Å². The summed E-state index contributed by atoms with van der Waals surface area (Å²) < 4.78 is 47.1. The number of ether oxygens (including phenoxy) is 1. The van der Waals surface area contributed by atoms with Crippen LogP contribution < -0.4 is 4.74 Å². The van der Waals surface area contributed by atoms with Crippen LogP contribution in [0.4, 0.5) is 4.39 Å². The van der Waals surface area contributed by atoms with Gasteiger partial charge in [0.1, 0.15) is 34.8 Å². The highest BCUT2D eigenvalue weighted by atomic mass is 35.5. The zero-order valence-corrected chi connectivity index (χ0v) is 22.5. The van der Waals surface area contributed by atoms with E-state index in [0.717, 1.165) is 11.3 Å². The third-order valence-corrected chi connectivity index (χ3v) is 7.95. The van der Waals surface area contributed by atoms with Gasteiger partial charge < -0.3 is 4.74 Å². The highest BCUT2D eigenvalue weighted by Crippen LogP contribution is 2.30. The molecule has 0 amide bonds. The number of hydrogen-bond acceptors (Lipinski definition) is 5. The molecule has 1 aromatic heterocycles.